The van der Waals surface area contributed by atoms with Gasteiger partial charge in [0.2, 0.25) is 0 Å². The Hall–Kier alpha value is -0.0400. The van der Waals surface area contributed by atoms with Gasteiger partial charge in [0, 0.05) is 5.33 Å². The molecule has 0 amide bonds. The van der Waals surface area contributed by atoms with Crippen molar-refractivity contribution in [2.75, 3.05) is 5.33 Å². The Morgan fingerprint density at radius 3 is 2.60 bits per heavy atom. The Kier molecular flexibility index (Phi) is 8.92. The highest BCUT2D eigenvalue weighted by atomic mass is 79.9. The molecule has 0 aromatic rings. The zero-order valence-corrected chi connectivity index (χ0v) is 7.94. The van der Waals surface area contributed by atoms with Crippen LogP contribution in [-0.4, -0.2) is 5.33 Å². The highest BCUT2D eigenvalue weighted by Crippen LogP contribution is 2.02. The zero-order valence-electron chi connectivity index (χ0n) is 6.35. The van der Waals surface area contributed by atoms with Crippen molar-refractivity contribution in [2.24, 2.45) is 0 Å². The number of hydrogen-bond donors (Lipinski definition) is 0. The van der Waals surface area contributed by atoms with E-state index in [2.05, 4.69) is 28.6 Å². The van der Waals surface area contributed by atoms with E-state index < -0.39 is 0 Å². The van der Waals surface area contributed by atoms with Crippen LogP contribution in [0.2, 0.25) is 0 Å². The molecule has 0 aliphatic carbocycles. The lowest BCUT2D eigenvalue weighted by molar-refractivity contribution is 0.737. The van der Waals surface area contributed by atoms with Crippen LogP contribution in [0.1, 0.15) is 25.7 Å². The Balaban J connectivity index is 2.90. The molecule has 0 saturated heterocycles. The van der Waals surface area contributed by atoms with Gasteiger partial charge in [0.1, 0.15) is 0 Å². The van der Waals surface area contributed by atoms with Crippen LogP contribution in [0, 0.1) is 0 Å². The highest BCUT2D eigenvalue weighted by Gasteiger charge is 1.83. The smallest absolute Gasteiger partial charge is 0.00313 e. The van der Waals surface area contributed by atoms with Gasteiger partial charge in [-0.15, -0.1) is 0 Å². The quantitative estimate of drug-likeness (QED) is 0.351. The van der Waals surface area contributed by atoms with Crippen molar-refractivity contribution >= 4 is 15.9 Å². The fourth-order valence-electron chi connectivity index (χ4n) is 0.726. The van der Waals surface area contributed by atoms with E-state index in [0.717, 1.165) is 5.33 Å². The molecule has 0 unspecified atom stereocenters. The Bertz CT molecular complexity index is 94.9. The molecular formula is C9H15Br. The summed E-state index contributed by atoms with van der Waals surface area (Å²) in [5, 5.41) is 1.14. The molecule has 10 heavy (non-hydrogen) atoms. The standard InChI is InChI=1S/C9H15Br/c1-2-3-4-5-6-7-8-9-10/h2-4H,1,5-9H2. The van der Waals surface area contributed by atoms with E-state index in [0.29, 0.717) is 0 Å². The summed E-state index contributed by atoms with van der Waals surface area (Å²) in [7, 11) is 0. The summed E-state index contributed by atoms with van der Waals surface area (Å²) in [6, 6.07) is 0. The fraction of sp³-hybridized carbons (Fsp3) is 0.556. The van der Waals surface area contributed by atoms with E-state index in [1.807, 2.05) is 12.2 Å². The van der Waals surface area contributed by atoms with Crippen LogP contribution in [-0.2, 0) is 0 Å². The first-order valence-corrected chi connectivity index (χ1v) is 4.87. The molecule has 58 valence electrons. The van der Waals surface area contributed by atoms with E-state index >= 15 is 0 Å². The van der Waals surface area contributed by atoms with Gasteiger partial charge in [0.05, 0.1) is 0 Å². The number of hydrogen-bond acceptors (Lipinski definition) is 0. The first kappa shape index (κ1) is 9.96. The van der Waals surface area contributed by atoms with Gasteiger partial charge in [-0.3, -0.25) is 0 Å². The monoisotopic (exact) mass is 202 g/mol. The lowest BCUT2D eigenvalue weighted by atomic mass is 10.2. The molecule has 0 bridgehead atoms. The molecule has 0 fully saturated rings. The van der Waals surface area contributed by atoms with Crippen LogP contribution in [0.5, 0.6) is 0 Å². The Morgan fingerprint density at radius 1 is 1.20 bits per heavy atom. The molecule has 0 atom stereocenters. The van der Waals surface area contributed by atoms with Crippen molar-refractivity contribution in [1.82, 2.24) is 0 Å². The zero-order chi connectivity index (χ0) is 7.66. The minimum absolute atomic E-state index is 1.14. The van der Waals surface area contributed by atoms with E-state index in [-0.39, 0.29) is 0 Å². The maximum atomic E-state index is 3.60. The topological polar surface area (TPSA) is 0 Å². The predicted octanol–water partition coefficient (Wildman–Crippen LogP) is 3.68. The summed E-state index contributed by atoms with van der Waals surface area (Å²) >= 11 is 3.40. The molecule has 0 nitrogen and oxygen atoms in total. The number of unbranched alkanes of at least 4 members (excludes halogenated alkanes) is 3. The number of alkyl halides is 1. The third-order valence-corrected chi connectivity index (χ3v) is 1.84. The predicted molar refractivity (Wildman–Crippen MR) is 51.6 cm³/mol. The molecule has 0 aromatic heterocycles. The highest BCUT2D eigenvalue weighted by molar-refractivity contribution is 9.09. The van der Waals surface area contributed by atoms with Gasteiger partial charge in [-0.1, -0.05) is 47.2 Å². The third-order valence-electron chi connectivity index (χ3n) is 1.28. The number of rotatable bonds is 6. The van der Waals surface area contributed by atoms with Gasteiger partial charge in [-0.2, -0.15) is 0 Å². The first-order chi connectivity index (χ1) is 4.91. The summed E-state index contributed by atoms with van der Waals surface area (Å²) in [4.78, 5) is 0. The maximum Gasteiger partial charge on any atom is 0.00313 e. The minimum atomic E-state index is 1.14. The van der Waals surface area contributed by atoms with Gasteiger partial charge in [-0.05, 0) is 19.3 Å². The largest absolute Gasteiger partial charge is 0.0991 e. The van der Waals surface area contributed by atoms with Crippen molar-refractivity contribution in [3.63, 3.8) is 0 Å². The summed E-state index contributed by atoms with van der Waals surface area (Å²) in [5.41, 5.74) is 0. The minimum Gasteiger partial charge on any atom is -0.0991 e. The third kappa shape index (κ3) is 7.96. The molecule has 0 aromatic carbocycles. The van der Waals surface area contributed by atoms with Crippen LogP contribution in [0.3, 0.4) is 0 Å². The lowest BCUT2D eigenvalue weighted by Crippen LogP contribution is -1.75. The van der Waals surface area contributed by atoms with Crippen LogP contribution in [0.4, 0.5) is 0 Å². The normalized spacial score (nSPS) is 10.5. The van der Waals surface area contributed by atoms with Gasteiger partial charge in [0.15, 0.2) is 0 Å². The molecule has 0 spiro atoms. The number of allylic oxidation sites excluding steroid dienone is 3. The average Bonchev–Trinajstić information content (AvgIpc) is 1.97. The molecule has 0 radical (unpaired) electrons. The second-order valence-corrected chi connectivity index (χ2v) is 3.00. The molecule has 0 aliphatic heterocycles. The van der Waals surface area contributed by atoms with Gasteiger partial charge in [-0.25, -0.2) is 0 Å². The average molecular weight is 203 g/mol. The summed E-state index contributed by atoms with van der Waals surface area (Å²) in [6.07, 6.45) is 11.1. The van der Waals surface area contributed by atoms with Crippen molar-refractivity contribution in [2.45, 2.75) is 25.7 Å². The van der Waals surface area contributed by atoms with E-state index in [1.165, 1.54) is 25.7 Å². The SMILES string of the molecule is C=CC=CCCCCCBr. The Morgan fingerprint density at radius 2 is 2.00 bits per heavy atom. The van der Waals surface area contributed by atoms with Crippen LogP contribution < -0.4 is 0 Å². The number of halogens is 1. The molecule has 0 saturated carbocycles. The van der Waals surface area contributed by atoms with E-state index in [9.17, 15) is 0 Å². The van der Waals surface area contributed by atoms with Crippen LogP contribution in [0.15, 0.2) is 24.8 Å². The van der Waals surface area contributed by atoms with Crippen molar-refractivity contribution in [1.29, 1.82) is 0 Å². The van der Waals surface area contributed by atoms with Gasteiger partial charge in [0.25, 0.3) is 0 Å². The van der Waals surface area contributed by atoms with Crippen molar-refractivity contribution < 1.29 is 0 Å². The van der Waals surface area contributed by atoms with Crippen molar-refractivity contribution in [3.05, 3.63) is 24.8 Å². The molecule has 0 N–H and O–H groups in total. The van der Waals surface area contributed by atoms with E-state index in [1.54, 1.807) is 0 Å². The summed E-state index contributed by atoms with van der Waals surface area (Å²) in [5.74, 6) is 0. The first-order valence-electron chi connectivity index (χ1n) is 3.75. The van der Waals surface area contributed by atoms with Gasteiger partial charge < -0.3 is 0 Å². The maximum absolute atomic E-state index is 3.60. The molecule has 0 rings (SSSR count). The second kappa shape index (κ2) is 8.96. The lowest BCUT2D eigenvalue weighted by Gasteiger charge is -1.91. The van der Waals surface area contributed by atoms with E-state index in [4.69, 9.17) is 0 Å². The molecule has 1 heteroatoms. The molecule has 0 aliphatic rings. The molecular weight excluding hydrogens is 188 g/mol. The second-order valence-electron chi connectivity index (χ2n) is 2.20. The Labute approximate surface area is 72.1 Å². The summed E-state index contributed by atoms with van der Waals surface area (Å²) < 4.78 is 0. The van der Waals surface area contributed by atoms with Crippen molar-refractivity contribution in [3.8, 4) is 0 Å². The molecule has 0 heterocycles. The van der Waals surface area contributed by atoms with Crippen LogP contribution >= 0.6 is 15.9 Å². The van der Waals surface area contributed by atoms with Crippen LogP contribution in [0.25, 0.3) is 0 Å². The van der Waals surface area contributed by atoms with Gasteiger partial charge >= 0.3 is 0 Å². The summed E-state index contributed by atoms with van der Waals surface area (Å²) in [6.45, 7) is 3.60. The fourth-order valence-corrected chi connectivity index (χ4v) is 1.12.